The van der Waals surface area contributed by atoms with Crippen LogP contribution >= 0.6 is 12.6 Å². The van der Waals surface area contributed by atoms with Gasteiger partial charge in [-0.1, -0.05) is 51.8 Å². The fraction of sp³-hybridized carbons (Fsp3) is 0.458. The van der Waals surface area contributed by atoms with Crippen molar-refractivity contribution in [2.45, 2.75) is 65.8 Å². The number of aromatic nitrogens is 2. The maximum Gasteiger partial charge on any atom is 0.141 e. The highest BCUT2D eigenvalue weighted by atomic mass is 32.1. The highest BCUT2D eigenvalue weighted by molar-refractivity contribution is 7.79. The molecule has 0 radical (unpaired) electrons. The van der Waals surface area contributed by atoms with Crippen LogP contribution in [0.4, 0.5) is 0 Å². The Morgan fingerprint density at radius 1 is 1.18 bits per heavy atom. The lowest BCUT2D eigenvalue weighted by molar-refractivity contribution is 0.358. The average molecular weight is 401 g/mol. The summed E-state index contributed by atoms with van der Waals surface area (Å²) in [4.78, 5) is 4.91. The molecular formula is C24H36N2OS. The predicted molar refractivity (Wildman–Crippen MR) is 127 cm³/mol. The third-order valence-electron chi connectivity index (χ3n) is 4.77. The quantitative estimate of drug-likeness (QED) is 0.318. The van der Waals surface area contributed by atoms with Crippen molar-refractivity contribution in [3.8, 4) is 0 Å². The van der Waals surface area contributed by atoms with Gasteiger partial charge in [0.05, 0.1) is 16.8 Å². The van der Waals surface area contributed by atoms with Crippen molar-refractivity contribution in [1.82, 2.24) is 9.55 Å². The van der Waals surface area contributed by atoms with Crippen molar-refractivity contribution >= 4 is 29.2 Å². The molecule has 154 valence electrons. The third kappa shape index (κ3) is 6.03. The summed E-state index contributed by atoms with van der Waals surface area (Å²) < 4.78 is 2.39. The van der Waals surface area contributed by atoms with Gasteiger partial charge in [-0.25, -0.2) is 4.98 Å². The topological polar surface area (TPSA) is 38.1 Å². The van der Waals surface area contributed by atoms with E-state index in [9.17, 15) is 5.11 Å². The first-order valence-corrected chi connectivity index (χ1v) is 11.1. The van der Waals surface area contributed by atoms with Gasteiger partial charge in [-0.05, 0) is 62.8 Å². The smallest absolute Gasteiger partial charge is 0.141 e. The van der Waals surface area contributed by atoms with E-state index in [4.69, 9.17) is 4.98 Å². The van der Waals surface area contributed by atoms with Crippen LogP contribution in [0.2, 0.25) is 0 Å². The van der Waals surface area contributed by atoms with Gasteiger partial charge in [0.25, 0.3) is 0 Å². The van der Waals surface area contributed by atoms with Crippen LogP contribution in [0, 0.1) is 6.92 Å². The fourth-order valence-corrected chi connectivity index (χ4v) is 3.57. The highest BCUT2D eigenvalue weighted by Crippen LogP contribution is 2.35. The molecule has 0 atom stereocenters. The molecule has 1 aromatic carbocycles. The fourth-order valence-electron chi connectivity index (χ4n) is 3.57. The molecule has 1 fully saturated rings. The summed E-state index contributed by atoms with van der Waals surface area (Å²) in [7, 11) is 0. The number of rotatable bonds is 4. The Morgan fingerprint density at radius 2 is 1.82 bits per heavy atom. The van der Waals surface area contributed by atoms with Crippen molar-refractivity contribution in [3.05, 3.63) is 60.2 Å². The second-order valence-electron chi connectivity index (χ2n) is 6.72. The number of fused-ring (bicyclic) bond motifs is 1. The first kappa shape index (κ1) is 24.1. The largest absolute Gasteiger partial charge is 0.513 e. The molecule has 0 bridgehead atoms. The van der Waals surface area contributed by atoms with Crippen LogP contribution in [0.15, 0.2) is 48.8 Å². The molecule has 0 saturated heterocycles. The van der Waals surface area contributed by atoms with Gasteiger partial charge in [0.1, 0.15) is 5.82 Å². The molecule has 28 heavy (non-hydrogen) atoms. The van der Waals surface area contributed by atoms with E-state index in [1.54, 1.807) is 19.3 Å². The summed E-state index contributed by atoms with van der Waals surface area (Å²) in [5, 5.41) is 9.49. The molecule has 0 unspecified atom stereocenters. The van der Waals surface area contributed by atoms with E-state index in [0.29, 0.717) is 6.04 Å². The van der Waals surface area contributed by atoms with Crippen LogP contribution in [0.1, 0.15) is 70.3 Å². The van der Waals surface area contributed by atoms with Gasteiger partial charge in [0, 0.05) is 11.6 Å². The number of aliphatic hydroxyl groups excluding tert-OH is 1. The molecule has 1 aromatic heterocycles. The zero-order valence-corrected chi connectivity index (χ0v) is 19.0. The van der Waals surface area contributed by atoms with E-state index < -0.39 is 0 Å². The summed E-state index contributed by atoms with van der Waals surface area (Å²) in [5.41, 5.74) is 4.40. The van der Waals surface area contributed by atoms with E-state index in [-0.39, 0.29) is 5.76 Å². The second-order valence-corrected chi connectivity index (χ2v) is 6.72. The van der Waals surface area contributed by atoms with Gasteiger partial charge in [0.15, 0.2) is 0 Å². The van der Waals surface area contributed by atoms with Crippen molar-refractivity contribution in [3.63, 3.8) is 0 Å². The van der Waals surface area contributed by atoms with E-state index >= 15 is 0 Å². The molecule has 0 amide bonds. The number of benzene rings is 1. The first-order chi connectivity index (χ1) is 13.6. The molecule has 1 heterocycles. The van der Waals surface area contributed by atoms with Crippen LogP contribution in [0.25, 0.3) is 16.6 Å². The Kier molecular flexibility index (Phi) is 10.8. The molecule has 1 aliphatic carbocycles. The van der Waals surface area contributed by atoms with E-state index in [1.165, 1.54) is 43.2 Å². The molecule has 4 heteroatoms. The van der Waals surface area contributed by atoms with Crippen molar-refractivity contribution in [2.24, 2.45) is 0 Å². The minimum Gasteiger partial charge on any atom is -0.513 e. The molecule has 1 aliphatic rings. The van der Waals surface area contributed by atoms with Crippen molar-refractivity contribution in [1.29, 1.82) is 0 Å². The van der Waals surface area contributed by atoms with Gasteiger partial charge in [-0.15, -0.1) is 0 Å². The van der Waals surface area contributed by atoms with E-state index in [0.717, 1.165) is 16.9 Å². The molecule has 3 rings (SSSR count). The lowest BCUT2D eigenvalue weighted by Gasteiger charge is -2.25. The molecule has 1 saturated carbocycles. The molecule has 0 spiro atoms. The number of nitrogens with zero attached hydrogens (tertiary/aromatic N) is 2. The second kappa shape index (κ2) is 12.5. The molecular weight excluding hydrogens is 364 g/mol. The summed E-state index contributed by atoms with van der Waals surface area (Å²) in [5.74, 6) is 1.24. The number of hydrogen-bond acceptors (Lipinski definition) is 3. The van der Waals surface area contributed by atoms with Gasteiger partial charge < -0.3 is 9.67 Å². The Labute approximate surface area is 176 Å². The Morgan fingerprint density at radius 3 is 2.39 bits per heavy atom. The number of thiol groups is 1. The Balaban J connectivity index is 0.000000921. The van der Waals surface area contributed by atoms with Gasteiger partial charge in [-0.2, -0.15) is 12.6 Å². The molecule has 0 aliphatic heterocycles. The minimum absolute atomic E-state index is 0.283. The summed E-state index contributed by atoms with van der Waals surface area (Å²) in [6.07, 6.45) is 13.4. The summed E-state index contributed by atoms with van der Waals surface area (Å²) >= 11 is 3.53. The van der Waals surface area contributed by atoms with Gasteiger partial charge in [0.2, 0.25) is 0 Å². The standard InChI is InChI=1S/C21H26N2O.C2H6.CH4S/c1-4-17(12-11-16(3)24)21-22-19-14-15(2)10-13-20(19)23(21)18-8-6-5-7-9-18;2*1-2/h4,10-14,18,24H,1,5-9H2,2-3H3;1-2H3;2H,1H3/b16-11+,17-12+;;. The maximum atomic E-state index is 9.49. The zero-order valence-electron chi connectivity index (χ0n) is 18.1. The zero-order chi connectivity index (χ0) is 21.1. The third-order valence-corrected chi connectivity index (χ3v) is 4.77. The lowest BCUT2D eigenvalue weighted by atomic mass is 9.94. The van der Waals surface area contributed by atoms with Crippen LogP contribution < -0.4 is 0 Å². The van der Waals surface area contributed by atoms with Crippen LogP contribution in [-0.4, -0.2) is 20.9 Å². The number of aryl methyl sites for hydroxylation is 1. The molecule has 2 aromatic rings. The SMILES string of the molecule is C=C/C(=C\C=C(/C)O)c1nc2cc(C)ccc2n1C1CCCCC1.CC.CS. The number of hydrogen-bond donors (Lipinski definition) is 2. The van der Waals surface area contributed by atoms with Crippen LogP contribution in [-0.2, 0) is 0 Å². The Bertz CT molecular complexity index is 807. The van der Waals surface area contributed by atoms with Crippen molar-refractivity contribution < 1.29 is 5.11 Å². The summed E-state index contributed by atoms with van der Waals surface area (Å²) in [6.45, 7) is 11.7. The number of allylic oxidation sites excluding steroid dienone is 5. The van der Waals surface area contributed by atoms with Gasteiger partial charge >= 0.3 is 0 Å². The predicted octanol–water partition coefficient (Wildman–Crippen LogP) is 7.45. The average Bonchev–Trinajstić information content (AvgIpc) is 3.10. The van der Waals surface area contributed by atoms with E-state index in [1.807, 2.05) is 26.0 Å². The van der Waals surface area contributed by atoms with Gasteiger partial charge in [-0.3, -0.25) is 0 Å². The summed E-state index contributed by atoms with van der Waals surface area (Å²) in [6, 6.07) is 6.97. The molecule has 3 nitrogen and oxygen atoms in total. The van der Waals surface area contributed by atoms with Crippen LogP contribution in [0.5, 0.6) is 0 Å². The van der Waals surface area contributed by atoms with Crippen LogP contribution in [0.3, 0.4) is 0 Å². The normalized spacial score (nSPS) is 15.4. The van der Waals surface area contributed by atoms with E-state index in [2.05, 4.69) is 48.9 Å². The first-order valence-electron chi connectivity index (χ1n) is 10.2. The molecule has 1 N–H and O–H groups in total. The monoisotopic (exact) mass is 400 g/mol. The maximum absolute atomic E-state index is 9.49. The highest BCUT2D eigenvalue weighted by Gasteiger charge is 2.22. The lowest BCUT2D eigenvalue weighted by Crippen LogP contribution is -2.15. The Hall–Kier alpha value is -1.94. The number of imidazole rings is 1. The number of aliphatic hydroxyl groups is 1. The minimum atomic E-state index is 0.283. The van der Waals surface area contributed by atoms with Crippen molar-refractivity contribution in [2.75, 3.05) is 6.26 Å².